The second-order valence-corrected chi connectivity index (χ2v) is 5.21. The molecule has 1 aromatic heterocycles. The first-order valence-corrected chi connectivity index (χ1v) is 6.27. The Morgan fingerprint density at radius 2 is 2.40 bits per heavy atom. The van der Waals surface area contributed by atoms with E-state index in [2.05, 4.69) is 10.3 Å². The van der Waals surface area contributed by atoms with E-state index in [1.54, 1.807) is 11.3 Å². The number of amides is 1. The van der Waals surface area contributed by atoms with Gasteiger partial charge in [-0.1, -0.05) is 13.8 Å². The van der Waals surface area contributed by atoms with Gasteiger partial charge in [-0.2, -0.15) is 0 Å². The summed E-state index contributed by atoms with van der Waals surface area (Å²) < 4.78 is 0. The Morgan fingerprint density at radius 1 is 1.67 bits per heavy atom. The van der Waals surface area contributed by atoms with Gasteiger partial charge in [0, 0.05) is 17.2 Å². The van der Waals surface area contributed by atoms with Crippen molar-refractivity contribution < 1.29 is 4.79 Å². The summed E-state index contributed by atoms with van der Waals surface area (Å²) in [5.74, 6) is 0.854. The molecule has 1 aromatic rings. The summed E-state index contributed by atoms with van der Waals surface area (Å²) in [4.78, 5) is 15.8. The standard InChI is InChI=1S/C11H16N2OS/c1-7(2)10(14)12-5-9-6-15-11(13-9)8-3-4-8/h6-8H,3-5H2,1-2H3,(H,12,14). The molecule has 0 radical (unpaired) electrons. The molecule has 1 heterocycles. The van der Waals surface area contributed by atoms with Gasteiger partial charge in [-0.25, -0.2) is 4.98 Å². The van der Waals surface area contributed by atoms with Gasteiger partial charge in [0.25, 0.3) is 0 Å². The maximum atomic E-state index is 11.3. The van der Waals surface area contributed by atoms with Crippen LogP contribution in [0.1, 0.15) is 43.3 Å². The van der Waals surface area contributed by atoms with Gasteiger partial charge in [-0.15, -0.1) is 11.3 Å². The van der Waals surface area contributed by atoms with Gasteiger partial charge in [0.05, 0.1) is 17.2 Å². The summed E-state index contributed by atoms with van der Waals surface area (Å²) in [6.45, 7) is 4.36. The van der Waals surface area contributed by atoms with E-state index in [9.17, 15) is 4.79 Å². The number of carbonyl (C=O) groups is 1. The Labute approximate surface area is 93.9 Å². The maximum absolute atomic E-state index is 11.3. The summed E-state index contributed by atoms with van der Waals surface area (Å²) in [7, 11) is 0. The summed E-state index contributed by atoms with van der Waals surface area (Å²) in [5.41, 5.74) is 0.996. The van der Waals surface area contributed by atoms with Gasteiger partial charge in [0.2, 0.25) is 5.91 Å². The zero-order chi connectivity index (χ0) is 10.8. The van der Waals surface area contributed by atoms with Crippen molar-refractivity contribution in [2.75, 3.05) is 0 Å². The van der Waals surface area contributed by atoms with E-state index in [1.165, 1.54) is 17.8 Å². The Bertz CT molecular complexity index is 355. The molecule has 0 saturated heterocycles. The van der Waals surface area contributed by atoms with E-state index in [4.69, 9.17) is 0 Å². The van der Waals surface area contributed by atoms with Crippen molar-refractivity contribution in [2.24, 2.45) is 5.92 Å². The topological polar surface area (TPSA) is 42.0 Å². The zero-order valence-corrected chi connectivity index (χ0v) is 9.93. The van der Waals surface area contributed by atoms with Crippen molar-refractivity contribution >= 4 is 17.2 Å². The number of thiazole rings is 1. The lowest BCUT2D eigenvalue weighted by molar-refractivity contribution is -0.124. The predicted molar refractivity (Wildman–Crippen MR) is 60.8 cm³/mol. The van der Waals surface area contributed by atoms with Gasteiger partial charge in [-0.05, 0) is 12.8 Å². The molecule has 3 nitrogen and oxygen atoms in total. The highest BCUT2D eigenvalue weighted by molar-refractivity contribution is 7.09. The summed E-state index contributed by atoms with van der Waals surface area (Å²) in [5, 5.41) is 6.17. The normalized spacial score (nSPS) is 15.7. The minimum Gasteiger partial charge on any atom is -0.350 e. The quantitative estimate of drug-likeness (QED) is 0.852. The number of aromatic nitrogens is 1. The number of carbonyl (C=O) groups excluding carboxylic acids is 1. The van der Waals surface area contributed by atoms with Crippen LogP contribution < -0.4 is 5.32 Å². The molecule has 0 atom stereocenters. The summed E-state index contributed by atoms with van der Waals surface area (Å²) in [6, 6.07) is 0. The highest BCUT2D eigenvalue weighted by Gasteiger charge is 2.26. The van der Waals surface area contributed by atoms with Gasteiger partial charge in [0.1, 0.15) is 0 Å². The second kappa shape index (κ2) is 4.31. The van der Waals surface area contributed by atoms with E-state index in [1.807, 2.05) is 19.2 Å². The lowest BCUT2D eigenvalue weighted by Crippen LogP contribution is -2.27. The van der Waals surface area contributed by atoms with Crippen LogP contribution in [0.4, 0.5) is 0 Å². The average molecular weight is 224 g/mol. The second-order valence-electron chi connectivity index (χ2n) is 4.32. The lowest BCUT2D eigenvalue weighted by atomic mass is 10.2. The summed E-state index contributed by atoms with van der Waals surface area (Å²) >= 11 is 1.72. The molecule has 1 amide bonds. The SMILES string of the molecule is CC(C)C(=O)NCc1csc(C2CC2)n1. The molecule has 4 heteroatoms. The molecular formula is C11H16N2OS. The fraction of sp³-hybridized carbons (Fsp3) is 0.636. The predicted octanol–water partition coefficient (Wildman–Crippen LogP) is 2.29. The number of nitrogens with zero attached hydrogens (tertiary/aromatic N) is 1. The highest BCUT2D eigenvalue weighted by atomic mass is 32.1. The van der Waals surface area contributed by atoms with Gasteiger partial charge in [-0.3, -0.25) is 4.79 Å². The van der Waals surface area contributed by atoms with Crippen LogP contribution in [0.25, 0.3) is 0 Å². The molecule has 1 fully saturated rings. The van der Waals surface area contributed by atoms with E-state index in [0.29, 0.717) is 12.5 Å². The van der Waals surface area contributed by atoms with Gasteiger partial charge in [0.15, 0.2) is 0 Å². The Kier molecular flexibility index (Phi) is 3.05. The minimum absolute atomic E-state index is 0.0477. The average Bonchev–Trinajstić information content (AvgIpc) is 2.95. The highest BCUT2D eigenvalue weighted by Crippen LogP contribution is 2.41. The first-order chi connectivity index (χ1) is 7.16. The molecule has 0 unspecified atom stereocenters. The molecule has 1 N–H and O–H groups in total. The van der Waals surface area contributed by atoms with Crippen LogP contribution >= 0.6 is 11.3 Å². The summed E-state index contributed by atoms with van der Waals surface area (Å²) in [6.07, 6.45) is 2.57. The molecule has 1 aliphatic carbocycles. The third-order valence-corrected chi connectivity index (χ3v) is 3.52. The fourth-order valence-corrected chi connectivity index (χ4v) is 2.29. The molecule has 15 heavy (non-hydrogen) atoms. The maximum Gasteiger partial charge on any atom is 0.222 e. The number of nitrogens with one attached hydrogen (secondary N) is 1. The fourth-order valence-electron chi connectivity index (χ4n) is 1.30. The molecule has 0 aliphatic heterocycles. The Balaban J connectivity index is 1.85. The van der Waals surface area contributed by atoms with Crippen LogP contribution in [0.2, 0.25) is 0 Å². The van der Waals surface area contributed by atoms with E-state index >= 15 is 0 Å². The number of hydrogen-bond acceptors (Lipinski definition) is 3. The Hall–Kier alpha value is -0.900. The zero-order valence-electron chi connectivity index (χ0n) is 9.12. The third-order valence-electron chi connectivity index (χ3n) is 2.46. The largest absolute Gasteiger partial charge is 0.350 e. The van der Waals surface area contributed by atoms with Gasteiger partial charge >= 0.3 is 0 Å². The van der Waals surface area contributed by atoms with Crippen LogP contribution in [-0.2, 0) is 11.3 Å². The van der Waals surface area contributed by atoms with Crippen LogP contribution in [0.5, 0.6) is 0 Å². The van der Waals surface area contributed by atoms with Crippen LogP contribution in [0.15, 0.2) is 5.38 Å². The molecule has 0 spiro atoms. The number of hydrogen-bond donors (Lipinski definition) is 1. The van der Waals surface area contributed by atoms with Crippen molar-refractivity contribution in [1.82, 2.24) is 10.3 Å². The van der Waals surface area contributed by atoms with Crippen molar-refractivity contribution in [3.63, 3.8) is 0 Å². The molecule has 0 bridgehead atoms. The molecule has 1 aliphatic rings. The molecule has 0 aromatic carbocycles. The van der Waals surface area contributed by atoms with Crippen molar-refractivity contribution in [3.8, 4) is 0 Å². The van der Waals surface area contributed by atoms with Crippen LogP contribution in [0.3, 0.4) is 0 Å². The molecular weight excluding hydrogens is 208 g/mol. The van der Waals surface area contributed by atoms with Crippen LogP contribution in [-0.4, -0.2) is 10.9 Å². The van der Waals surface area contributed by atoms with E-state index < -0.39 is 0 Å². The van der Waals surface area contributed by atoms with E-state index in [0.717, 1.165) is 5.69 Å². The third kappa shape index (κ3) is 2.78. The number of rotatable bonds is 4. The molecule has 1 saturated carbocycles. The first kappa shape index (κ1) is 10.6. The van der Waals surface area contributed by atoms with Crippen molar-refractivity contribution in [3.05, 3.63) is 16.1 Å². The first-order valence-electron chi connectivity index (χ1n) is 5.39. The van der Waals surface area contributed by atoms with Crippen molar-refractivity contribution in [1.29, 1.82) is 0 Å². The Morgan fingerprint density at radius 3 is 3.00 bits per heavy atom. The monoisotopic (exact) mass is 224 g/mol. The lowest BCUT2D eigenvalue weighted by Gasteiger charge is -2.05. The molecule has 2 rings (SSSR count). The van der Waals surface area contributed by atoms with Crippen molar-refractivity contribution in [2.45, 2.75) is 39.2 Å². The minimum atomic E-state index is 0.0477. The molecule has 82 valence electrons. The smallest absolute Gasteiger partial charge is 0.222 e. The van der Waals surface area contributed by atoms with E-state index in [-0.39, 0.29) is 11.8 Å². The van der Waals surface area contributed by atoms with Gasteiger partial charge < -0.3 is 5.32 Å². The van der Waals surface area contributed by atoms with Crippen LogP contribution in [0, 0.1) is 5.92 Å².